The minimum atomic E-state index is -1.01. The van der Waals surface area contributed by atoms with Gasteiger partial charge in [-0.25, -0.2) is 0 Å². The van der Waals surface area contributed by atoms with Crippen molar-refractivity contribution in [2.24, 2.45) is 11.5 Å². The first kappa shape index (κ1) is 30.3. The topological polar surface area (TPSA) is 168 Å². The van der Waals surface area contributed by atoms with Crippen molar-refractivity contribution in [3.63, 3.8) is 0 Å². The van der Waals surface area contributed by atoms with Crippen LogP contribution in [0.4, 0.5) is 0 Å². The number of carbonyl (C=O) groups excluding carboxylic acids is 4. The van der Waals surface area contributed by atoms with Gasteiger partial charge in [-0.15, -0.1) is 0 Å². The van der Waals surface area contributed by atoms with Gasteiger partial charge in [0.15, 0.2) is 0 Å². The fourth-order valence-electron chi connectivity index (χ4n) is 5.16. The second kappa shape index (κ2) is 14.3. The van der Waals surface area contributed by atoms with Crippen LogP contribution in [-0.4, -0.2) is 64.3 Å². The number of phenolic OH excluding ortho intramolecular Hbond substituents is 1. The molecule has 4 atom stereocenters. The summed E-state index contributed by atoms with van der Waals surface area (Å²) in [6.07, 6.45) is 1.68. The number of nitrogens with two attached hydrogens (primary N) is 2. The quantitative estimate of drug-likeness (QED) is 0.219. The summed E-state index contributed by atoms with van der Waals surface area (Å²) >= 11 is 0. The van der Waals surface area contributed by atoms with Crippen LogP contribution in [-0.2, 0) is 38.4 Å². The number of primary amides is 1. The minimum Gasteiger partial charge on any atom is -0.508 e. The molecule has 10 nitrogen and oxygen atoms in total. The van der Waals surface area contributed by atoms with Crippen molar-refractivity contribution in [3.05, 3.63) is 102 Å². The predicted octanol–water partition coefficient (Wildman–Crippen LogP) is 1.19. The fourth-order valence-corrected chi connectivity index (χ4v) is 5.16. The molecule has 7 N–H and O–H groups in total. The van der Waals surface area contributed by atoms with Gasteiger partial charge in [0.2, 0.25) is 23.6 Å². The Morgan fingerprint density at radius 2 is 1.33 bits per heavy atom. The summed E-state index contributed by atoms with van der Waals surface area (Å²) in [6, 6.07) is 21.2. The van der Waals surface area contributed by atoms with Crippen molar-refractivity contribution in [1.82, 2.24) is 15.5 Å². The summed E-state index contributed by atoms with van der Waals surface area (Å²) in [5.41, 5.74) is 14.3. The van der Waals surface area contributed by atoms with E-state index in [0.29, 0.717) is 19.4 Å². The summed E-state index contributed by atoms with van der Waals surface area (Å²) in [6.45, 7) is 0.372. The van der Waals surface area contributed by atoms with Crippen LogP contribution in [0.1, 0.15) is 29.5 Å². The lowest BCUT2D eigenvalue weighted by molar-refractivity contribution is -0.140. The van der Waals surface area contributed by atoms with Crippen LogP contribution in [0.2, 0.25) is 0 Å². The first-order valence-corrected chi connectivity index (χ1v) is 14.0. The normalized spacial score (nSPS) is 16.7. The molecular weight excluding hydrogens is 534 g/mol. The van der Waals surface area contributed by atoms with Crippen LogP contribution in [0.3, 0.4) is 0 Å². The maximum Gasteiger partial charge on any atom is 0.243 e. The number of hydrogen-bond acceptors (Lipinski definition) is 6. The molecule has 3 aromatic carbocycles. The highest BCUT2D eigenvalue weighted by Gasteiger charge is 2.38. The summed E-state index contributed by atoms with van der Waals surface area (Å²) < 4.78 is 0. The number of benzene rings is 3. The summed E-state index contributed by atoms with van der Waals surface area (Å²) in [4.78, 5) is 54.0. The molecule has 0 aliphatic carbocycles. The Hall–Kier alpha value is -4.70. The van der Waals surface area contributed by atoms with Crippen molar-refractivity contribution in [2.75, 3.05) is 6.54 Å². The Balaban J connectivity index is 1.46. The Morgan fingerprint density at radius 3 is 1.90 bits per heavy atom. The van der Waals surface area contributed by atoms with Crippen molar-refractivity contribution < 1.29 is 24.3 Å². The monoisotopic (exact) mass is 571 g/mol. The molecule has 1 aliphatic heterocycles. The minimum absolute atomic E-state index is 0.117. The largest absolute Gasteiger partial charge is 0.508 e. The summed E-state index contributed by atoms with van der Waals surface area (Å²) in [7, 11) is 0. The lowest BCUT2D eigenvalue weighted by atomic mass is 10.0. The number of rotatable bonds is 12. The van der Waals surface area contributed by atoms with Crippen molar-refractivity contribution in [1.29, 1.82) is 0 Å². The second-order valence-electron chi connectivity index (χ2n) is 10.6. The third-order valence-electron chi connectivity index (χ3n) is 7.41. The van der Waals surface area contributed by atoms with Crippen LogP contribution in [0, 0.1) is 0 Å². The number of phenols is 1. The van der Waals surface area contributed by atoms with E-state index in [9.17, 15) is 24.3 Å². The van der Waals surface area contributed by atoms with E-state index >= 15 is 0 Å². The number of carbonyl (C=O) groups is 4. The van der Waals surface area contributed by atoms with Crippen LogP contribution in [0.15, 0.2) is 84.9 Å². The van der Waals surface area contributed by atoms with Crippen LogP contribution < -0.4 is 22.1 Å². The Morgan fingerprint density at radius 1 is 0.786 bits per heavy atom. The molecule has 0 spiro atoms. The SMILES string of the molecule is NC(=O)C(Cc1ccccc1)NC(=O)C(Cc1ccccc1)NC(=O)[C@@H]1CCCN1C(=O)C(N)Cc1ccc(O)cc1. The third-order valence-corrected chi connectivity index (χ3v) is 7.41. The fraction of sp³-hybridized carbons (Fsp3) is 0.312. The molecule has 220 valence electrons. The maximum atomic E-state index is 13.5. The summed E-state index contributed by atoms with van der Waals surface area (Å²) in [5, 5.41) is 15.1. The Kier molecular flexibility index (Phi) is 10.3. The Bertz CT molecular complexity index is 1370. The molecule has 1 saturated heterocycles. The van der Waals surface area contributed by atoms with Crippen LogP contribution >= 0.6 is 0 Å². The zero-order valence-electron chi connectivity index (χ0n) is 23.3. The maximum absolute atomic E-state index is 13.5. The van der Waals surface area contributed by atoms with E-state index < -0.39 is 41.9 Å². The number of hydrogen-bond donors (Lipinski definition) is 5. The van der Waals surface area contributed by atoms with E-state index in [2.05, 4.69) is 10.6 Å². The van der Waals surface area contributed by atoms with E-state index in [0.717, 1.165) is 16.7 Å². The third kappa shape index (κ3) is 8.17. The highest BCUT2D eigenvalue weighted by atomic mass is 16.3. The molecule has 0 bridgehead atoms. The van der Waals surface area contributed by atoms with Gasteiger partial charge in [-0.3, -0.25) is 19.2 Å². The first-order chi connectivity index (χ1) is 20.2. The predicted molar refractivity (Wildman–Crippen MR) is 158 cm³/mol. The van der Waals surface area contributed by atoms with E-state index in [1.54, 1.807) is 12.1 Å². The highest BCUT2D eigenvalue weighted by Crippen LogP contribution is 2.20. The van der Waals surface area contributed by atoms with Gasteiger partial charge in [-0.05, 0) is 48.1 Å². The highest BCUT2D eigenvalue weighted by molar-refractivity contribution is 5.95. The molecule has 3 aromatic rings. The van der Waals surface area contributed by atoms with E-state index in [1.165, 1.54) is 17.0 Å². The zero-order chi connectivity index (χ0) is 30.1. The molecular formula is C32H37N5O5. The van der Waals surface area contributed by atoms with Crippen LogP contribution in [0.5, 0.6) is 5.75 Å². The molecule has 0 aromatic heterocycles. The standard InChI is InChI=1S/C32H37N5O5/c33-25(18-23-13-15-24(38)16-14-23)32(42)37-17-7-12-28(37)31(41)36-27(20-22-10-5-2-6-11-22)30(40)35-26(29(34)39)19-21-8-3-1-4-9-21/h1-6,8-11,13-16,25-28,38H,7,12,17-20,33H2,(H2,34,39)(H,35,40)(H,36,41)/t25?,26?,27?,28-/m0/s1. The first-order valence-electron chi connectivity index (χ1n) is 14.0. The van der Waals surface area contributed by atoms with Gasteiger partial charge in [0.05, 0.1) is 6.04 Å². The molecule has 1 fully saturated rings. The van der Waals surface area contributed by atoms with Gasteiger partial charge in [0.25, 0.3) is 0 Å². The average Bonchev–Trinajstić information content (AvgIpc) is 3.48. The van der Waals surface area contributed by atoms with Gasteiger partial charge >= 0.3 is 0 Å². The van der Waals surface area contributed by atoms with E-state index in [-0.39, 0.29) is 30.9 Å². The molecule has 3 unspecified atom stereocenters. The number of nitrogens with one attached hydrogen (secondary N) is 2. The smallest absolute Gasteiger partial charge is 0.243 e. The van der Waals surface area contributed by atoms with Crippen molar-refractivity contribution >= 4 is 23.6 Å². The van der Waals surface area contributed by atoms with Crippen molar-refractivity contribution in [2.45, 2.75) is 56.3 Å². The molecule has 1 aliphatic rings. The second-order valence-corrected chi connectivity index (χ2v) is 10.6. The van der Waals surface area contributed by atoms with Crippen molar-refractivity contribution in [3.8, 4) is 5.75 Å². The average molecular weight is 572 g/mol. The van der Waals surface area contributed by atoms with Gasteiger partial charge in [-0.2, -0.15) is 0 Å². The van der Waals surface area contributed by atoms with Gasteiger partial charge in [0, 0.05) is 19.4 Å². The summed E-state index contributed by atoms with van der Waals surface area (Å²) in [5.74, 6) is -1.95. The zero-order valence-corrected chi connectivity index (χ0v) is 23.3. The molecule has 0 radical (unpaired) electrons. The Labute approximate surface area is 245 Å². The van der Waals surface area contributed by atoms with Gasteiger partial charge in [0.1, 0.15) is 23.9 Å². The van der Waals surface area contributed by atoms with Crippen LogP contribution in [0.25, 0.3) is 0 Å². The van der Waals surface area contributed by atoms with E-state index in [4.69, 9.17) is 11.5 Å². The molecule has 4 rings (SSSR count). The lowest BCUT2D eigenvalue weighted by Crippen LogP contribution is -2.58. The number of likely N-dealkylation sites (tertiary alicyclic amines) is 1. The number of amides is 4. The molecule has 42 heavy (non-hydrogen) atoms. The number of nitrogens with zero attached hydrogens (tertiary/aromatic N) is 1. The number of aromatic hydroxyl groups is 1. The lowest BCUT2D eigenvalue weighted by Gasteiger charge is -2.29. The molecule has 10 heteroatoms. The van der Waals surface area contributed by atoms with Gasteiger partial charge < -0.3 is 32.1 Å². The van der Waals surface area contributed by atoms with E-state index in [1.807, 2.05) is 60.7 Å². The molecule has 4 amide bonds. The molecule has 0 saturated carbocycles. The van der Waals surface area contributed by atoms with Gasteiger partial charge in [-0.1, -0.05) is 72.8 Å². The molecule has 1 heterocycles.